The molecule has 0 aromatic carbocycles. The molecule has 63 heavy (non-hydrogen) atoms. The number of nitrogens with one attached hydrogen (secondary N) is 3. The lowest BCUT2D eigenvalue weighted by Crippen LogP contribution is -2.44. The van der Waals surface area contributed by atoms with Crippen molar-refractivity contribution in [3.8, 4) is 0 Å². The minimum Gasteiger partial charge on any atom is -0.480 e. The second-order valence-corrected chi connectivity index (χ2v) is 25.1. The van der Waals surface area contributed by atoms with Crippen LogP contribution in [0.3, 0.4) is 0 Å². The van der Waals surface area contributed by atoms with Crippen molar-refractivity contribution in [2.24, 2.45) is 23.1 Å². The summed E-state index contributed by atoms with van der Waals surface area (Å²) in [6.07, 6.45) is -0.0960. The van der Waals surface area contributed by atoms with E-state index in [0.29, 0.717) is 17.3 Å². The van der Waals surface area contributed by atoms with Crippen molar-refractivity contribution in [2.75, 3.05) is 30.3 Å². The molecule has 3 amide bonds. The van der Waals surface area contributed by atoms with Gasteiger partial charge in [-0.25, -0.2) is 9.59 Å². The van der Waals surface area contributed by atoms with Crippen LogP contribution in [0.2, 0.25) is 0 Å². The summed E-state index contributed by atoms with van der Waals surface area (Å²) < 4.78 is -0.144. The summed E-state index contributed by atoms with van der Waals surface area (Å²) in [5, 5.41) is 49.0. The van der Waals surface area contributed by atoms with Crippen LogP contribution in [0, 0.1) is 5.92 Å². The first-order valence-corrected chi connectivity index (χ1v) is 23.4. The zero-order valence-electron chi connectivity index (χ0n) is 38.8. The lowest BCUT2D eigenvalue weighted by atomic mass is 9.99. The van der Waals surface area contributed by atoms with Crippen LogP contribution in [0.1, 0.15) is 109 Å². The van der Waals surface area contributed by atoms with Gasteiger partial charge in [0.15, 0.2) is 5.37 Å². The Morgan fingerprint density at radius 2 is 0.952 bits per heavy atom. The van der Waals surface area contributed by atoms with E-state index in [9.17, 15) is 43.2 Å². The lowest BCUT2D eigenvalue weighted by Gasteiger charge is -2.22. The fourth-order valence-electron chi connectivity index (χ4n) is 3.60. The van der Waals surface area contributed by atoms with Gasteiger partial charge in [-0.1, -0.05) is 83.1 Å². The standard InChI is InChI=1S/C15H26N2O6S.C9H18N2O3S.C9H17NO3S.C6H13NO2S/c1-15(2,3)24-8-9(13(21)17-7-12(19)20)6-10(18)4-5-11(16)14(22)23;1-9(2,3)15-5-6(10)8(14)11-4-7(12)13;1-6(11)10-7(8(12)13)5-14-9(2,3)4;1-6(2,3)10-4(7)5(8)9/h9,11H,4-8,16H2,1-3H3,(H,17,21)(H,19,20)(H,22,23);6H,4-5,10H2,1-3H3,(H,11,14)(H,12,13);7H,5H2,1-4H3,(H,10,11)(H,12,13);4H,7H2,1-3H3,(H,8,9). The molecule has 0 heterocycles. The maximum atomic E-state index is 12.1. The van der Waals surface area contributed by atoms with E-state index in [1.807, 2.05) is 83.1 Å². The van der Waals surface area contributed by atoms with Crippen molar-refractivity contribution in [2.45, 2.75) is 152 Å². The number of Topliss-reactive ketones (excluding diaryl/α,β-unsaturated/α-hetero) is 1. The Morgan fingerprint density at radius 1 is 0.540 bits per heavy atom. The van der Waals surface area contributed by atoms with Gasteiger partial charge in [0, 0.05) is 56.0 Å². The van der Waals surface area contributed by atoms with Gasteiger partial charge in [-0.2, -0.15) is 35.3 Å². The first-order valence-electron chi connectivity index (χ1n) is 19.5. The summed E-state index contributed by atoms with van der Waals surface area (Å²) in [5.74, 6) is -6.29. The third kappa shape index (κ3) is 48.0. The van der Waals surface area contributed by atoms with Crippen molar-refractivity contribution < 1.29 is 68.7 Å². The fourth-order valence-corrected chi connectivity index (χ4v) is 7.15. The number of hydrogen-bond acceptors (Lipinski definition) is 16. The Bertz CT molecular complexity index is 1480. The molecule has 0 aromatic rings. The Balaban J connectivity index is -0.000000388. The molecule has 0 saturated carbocycles. The molecule has 24 heteroatoms. The molecule has 14 N–H and O–H groups in total. The second-order valence-electron chi connectivity index (χ2n) is 17.6. The van der Waals surface area contributed by atoms with E-state index in [1.54, 1.807) is 11.8 Å². The molecule has 5 unspecified atom stereocenters. The highest BCUT2D eigenvalue weighted by Gasteiger charge is 2.26. The van der Waals surface area contributed by atoms with Crippen LogP contribution in [-0.4, -0.2) is 152 Å². The zero-order chi connectivity index (χ0) is 50.7. The third-order valence-electron chi connectivity index (χ3n) is 6.56. The van der Waals surface area contributed by atoms with E-state index in [0.717, 1.165) is 0 Å². The number of carbonyl (C=O) groups excluding carboxylic acids is 4. The predicted octanol–water partition coefficient (Wildman–Crippen LogP) is 2.53. The quantitative estimate of drug-likeness (QED) is 0.0694. The molecular weight excluding hydrogens is 905 g/mol. The van der Waals surface area contributed by atoms with Crippen LogP contribution >= 0.6 is 47.0 Å². The molecule has 0 radical (unpaired) electrons. The summed E-state index contributed by atoms with van der Waals surface area (Å²) in [5.41, 5.74) is 16.2. The van der Waals surface area contributed by atoms with Crippen molar-refractivity contribution in [3.05, 3.63) is 0 Å². The number of amides is 3. The Morgan fingerprint density at radius 3 is 1.29 bits per heavy atom. The van der Waals surface area contributed by atoms with E-state index in [-0.39, 0.29) is 56.5 Å². The van der Waals surface area contributed by atoms with E-state index in [2.05, 4.69) is 16.0 Å². The van der Waals surface area contributed by atoms with Crippen molar-refractivity contribution >= 4 is 100 Å². The number of nitrogens with two attached hydrogens (primary N) is 3. The first kappa shape index (κ1) is 66.3. The van der Waals surface area contributed by atoms with Gasteiger partial charge in [-0.05, 0) is 6.42 Å². The molecule has 0 fully saturated rings. The number of hydrogen-bond donors (Lipinski definition) is 11. The average molecular weight is 979 g/mol. The van der Waals surface area contributed by atoms with Gasteiger partial charge in [0.2, 0.25) is 17.7 Å². The van der Waals surface area contributed by atoms with Gasteiger partial charge in [-0.3, -0.25) is 33.6 Å². The van der Waals surface area contributed by atoms with Gasteiger partial charge < -0.3 is 58.7 Å². The molecule has 0 aliphatic rings. The molecule has 0 saturated heterocycles. The smallest absolute Gasteiger partial charge is 0.330 e. The van der Waals surface area contributed by atoms with Crippen molar-refractivity contribution in [3.63, 3.8) is 0 Å². The third-order valence-corrected chi connectivity index (χ3v) is 11.9. The molecule has 0 aromatic heterocycles. The minimum absolute atomic E-state index is 0.00401. The SMILES string of the molecule is CC(=O)NC(CSC(C)(C)C)C(=O)O.CC(C)(C)SC(N)C(=O)O.CC(C)(C)SCC(CC(=O)CCC(N)C(=O)O)C(=O)NCC(=O)O.CC(C)(C)SCC(N)C(=O)NCC(=O)O. The highest BCUT2D eigenvalue weighted by molar-refractivity contribution is 8.02. The molecule has 0 aliphatic carbocycles. The fraction of sp³-hybridized carbons (Fsp3) is 0.769. The zero-order valence-corrected chi connectivity index (χ0v) is 42.1. The number of carbonyl (C=O) groups is 9. The summed E-state index contributed by atoms with van der Waals surface area (Å²) in [6.45, 7) is 24.2. The highest BCUT2D eigenvalue weighted by atomic mass is 32.2. The van der Waals surface area contributed by atoms with Crippen LogP contribution in [0.25, 0.3) is 0 Å². The lowest BCUT2D eigenvalue weighted by molar-refractivity contribution is -0.141. The van der Waals surface area contributed by atoms with Gasteiger partial charge in [0.25, 0.3) is 0 Å². The largest absolute Gasteiger partial charge is 0.480 e. The molecule has 0 spiro atoms. The predicted molar refractivity (Wildman–Crippen MR) is 252 cm³/mol. The van der Waals surface area contributed by atoms with E-state index < -0.39 is 77.6 Å². The number of carboxylic acid groups (broad SMARTS) is 5. The topological polar surface area (TPSA) is 369 Å². The van der Waals surface area contributed by atoms with Crippen LogP contribution in [-0.2, 0) is 43.2 Å². The number of ketones is 1. The van der Waals surface area contributed by atoms with Gasteiger partial charge in [0.05, 0.1) is 12.0 Å². The van der Waals surface area contributed by atoms with Crippen molar-refractivity contribution in [1.82, 2.24) is 16.0 Å². The summed E-state index contributed by atoms with van der Waals surface area (Å²) >= 11 is 5.83. The maximum absolute atomic E-state index is 12.1. The van der Waals surface area contributed by atoms with E-state index >= 15 is 0 Å². The average Bonchev–Trinajstić information content (AvgIpc) is 3.09. The molecule has 368 valence electrons. The van der Waals surface area contributed by atoms with Gasteiger partial charge in [-0.15, -0.1) is 11.8 Å². The van der Waals surface area contributed by atoms with Crippen LogP contribution < -0.4 is 33.2 Å². The van der Waals surface area contributed by atoms with Crippen LogP contribution in [0.15, 0.2) is 0 Å². The van der Waals surface area contributed by atoms with Gasteiger partial charge >= 0.3 is 29.8 Å². The number of rotatable bonds is 22. The maximum Gasteiger partial charge on any atom is 0.330 e. The number of aliphatic carboxylic acids is 5. The first-order chi connectivity index (χ1) is 28.2. The number of carboxylic acids is 5. The van der Waals surface area contributed by atoms with Crippen molar-refractivity contribution in [1.29, 1.82) is 0 Å². The molecule has 5 atom stereocenters. The molecule has 0 bridgehead atoms. The normalized spacial score (nSPS) is 13.8. The summed E-state index contributed by atoms with van der Waals surface area (Å²) in [7, 11) is 0. The molecular formula is C39H74N6O14S4. The Labute approximate surface area is 388 Å². The Kier molecular flexibility index (Phi) is 34.1. The molecule has 20 nitrogen and oxygen atoms in total. The monoisotopic (exact) mass is 978 g/mol. The van der Waals surface area contributed by atoms with E-state index in [1.165, 1.54) is 42.2 Å². The summed E-state index contributed by atoms with van der Waals surface area (Å²) in [6, 6.07) is -2.57. The summed E-state index contributed by atoms with van der Waals surface area (Å²) in [4.78, 5) is 98.4. The molecule has 0 aliphatic heterocycles. The Hall–Kier alpha value is -3.29. The molecule has 0 rings (SSSR count). The van der Waals surface area contributed by atoms with Crippen LogP contribution in [0.5, 0.6) is 0 Å². The number of thioether (sulfide) groups is 4. The van der Waals surface area contributed by atoms with E-state index in [4.69, 9.17) is 42.7 Å². The second kappa shape index (κ2) is 32.4. The minimum atomic E-state index is -1.18. The highest BCUT2D eigenvalue weighted by Crippen LogP contribution is 2.28. The van der Waals surface area contributed by atoms with Crippen LogP contribution in [0.4, 0.5) is 0 Å². The van der Waals surface area contributed by atoms with Gasteiger partial charge in [0.1, 0.15) is 31.0 Å².